The van der Waals surface area contributed by atoms with E-state index in [4.69, 9.17) is 4.52 Å². The van der Waals surface area contributed by atoms with Crippen molar-refractivity contribution in [2.45, 2.75) is 30.5 Å². The molecule has 1 aliphatic rings. The summed E-state index contributed by atoms with van der Waals surface area (Å²) in [6.07, 6.45) is 0. The molecule has 0 saturated heterocycles. The molecule has 0 bridgehead atoms. The van der Waals surface area contributed by atoms with Crippen LogP contribution in [-0.2, 0) is 11.3 Å². The second-order valence-electron chi connectivity index (χ2n) is 5.55. The molecule has 0 aliphatic carbocycles. The molecule has 1 atom stereocenters. The van der Waals surface area contributed by atoms with Gasteiger partial charge in [0, 0.05) is 23.6 Å². The van der Waals surface area contributed by atoms with Gasteiger partial charge in [-0.05, 0) is 32.0 Å². The van der Waals surface area contributed by atoms with Gasteiger partial charge in [-0.1, -0.05) is 5.16 Å². The molecule has 0 spiro atoms. The maximum absolute atomic E-state index is 12.5. The Morgan fingerprint density at radius 3 is 2.91 bits per heavy atom. The molecule has 0 fully saturated rings. The van der Waals surface area contributed by atoms with E-state index in [9.17, 15) is 9.59 Å². The SMILES string of the molecule is Cc1cc(CN(C)C(=O)c2ccc3c(c2)NC(=O)C(C)S3)no1. The van der Waals surface area contributed by atoms with Crippen LogP contribution in [0, 0.1) is 6.92 Å². The van der Waals surface area contributed by atoms with E-state index in [1.165, 1.54) is 11.8 Å². The normalized spacial score (nSPS) is 16.7. The van der Waals surface area contributed by atoms with Crippen LogP contribution in [0.1, 0.15) is 28.7 Å². The minimum absolute atomic E-state index is 0.0430. The van der Waals surface area contributed by atoms with Gasteiger partial charge in [-0.25, -0.2) is 0 Å². The molecule has 120 valence electrons. The number of amides is 2. The number of aromatic nitrogens is 1. The molecular formula is C16H17N3O3S. The zero-order valence-electron chi connectivity index (χ0n) is 13.1. The molecule has 0 radical (unpaired) electrons. The maximum Gasteiger partial charge on any atom is 0.254 e. The summed E-state index contributed by atoms with van der Waals surface area (Å²) in [4.78, 5) is 26.8. The Labute approximate surface area is 138 Å². The van der Waals surface area contributed by atoms with Gasteiger partial charge in [0.05, 0.1) is 17.5 Å². The van der Waals surface area contributed by atoms with Crippen LogP contribution in [0.4, 0.5) is 5.69 Å². The summed E-state index contributed by atoms with van der Waals surface area (Å²) < 4.78 is 5.01. The van der Waals surface area contributed by atoms with E-state index in [2.05, 4.69) is 10.5 Å². The Bertz CT molecular complexity index is 772. The van der Waals surface area contributed by atoms with E-state index in [0.29, 0.717) is 29.2 Å². The molecular weight excluding hydrogens is 314 g/mol. The standard InChI is InChI=1S/C16H17N3O3S/c1-9-6-12(18-22-9)8-19(3)16(21)11-4-5-14-13(7-11)17-15(20)10(2)23-14/h4-7,10H,8H2,1-3H3,(H,17,20). The van der Waals surface area contributed by atoms with Crippen LogP contribution in [0.15, 0.2) is 33.7 Å². The number of hydrogen-bond acceptors (Lipinski definition) is 5. The minimum Gasteiger partial charge on any atom is -0.361 e. The van der Waals surface area contributed by atoms with Crippen LogP contribution < -0.4 is 5.32 Å². The van der Waals surface area contributed by atoms with Crippen molar-refractivity contribution < 1.29 is 14.1 Å². The number of carbonyl (C=O) groups is 2. The number of aryl methyl sites for hydroxylation is 1. The first-order chi connectivity index (χ1) is 10.9. The van der Waals surface area contributed by atoms with Crippen LogP contribution >= 0.6 is 11.8 Å². The van der Waals surface area contributed by atoms with E-state index in [0.717, 1.165) is 4.90 Å². The highest BCUT2D eigenvalue weighted by molar-refractivity contribution is 8.00. The third-order valence-electron chi connectivity index (χ3n) is 3.58. The highest BCUT2D eigenvalue weighted by Gasteiger charge is 2.24. The lowest BCUT2D eigenvalue weighted by atomic mass is 10.1. The molecule has 2 heterocycles. The first kappa shape index (κ1) is 15.6. The number of hydrogen-bond donors (Lipinski definition) is 1. The van der Waals surface area contributed by atoms with Gasteiger partial charge in [-0.15, -0.1) is 11.8 Å². The van der Waals surface area contributed by atoms with Gasteiger partial charge in [0.15, 0.2) is 0 Å². The number of anilines is 1. The number of nitrogens with one attached hydrogen (secondary N) is 1. The Balaban J connectivity index is 1.77. The summed E-state index contributed by atoms with van der Waals surface area (Å²) in [6.45, 7) is 4.03. The van der Waals surface area contributed by atoms with Crippen molar-refractivity contribution in [2.24, 2.45) is 0 Å². The predicted octanol–water partition coefficient (Wildman–Crippen LogP) is 2.69. The summed E-state index contributed by atoms with van der Waals surface area (Å²) in [5, 5.41) is 6.61. The molecule has 1 unspecified atom stereocenters. The smallest absolute Gasteiger partial charge is 0.254 e. The highest BCUT2D eigenvalue weighted by atomic mass is 32.2. The van der Waals surface area contributed by atoms with Crippen molar-refractivity contribution in [3.63, 3.8) is 0 Å². The Kier molecular flexibility index (Phi) is 4.12. The molecule has 1 aromatic heterocycles. The monoisotopic (exact) mass is 331 g/mol. The summed E-state index contributed by atoms with van der Waals surface area (Å²) in [5.74, 6) is 0.535. The molecule has 2 aromatic rings. The van der Waals surface area contributed by atoms with Crippen molar-refractivity contribution in [2.75, 3.05) is 12.4 Å². The molecule has 0 saturated carbocycles. The number of rotatable bonds is 3. The number of nitrogens with zero attached hydrogens (tertiary/aromatic N) is 2. The average Bonchev–Trinajstić information content (AvgIpc) is 2.92. The first-order valence-electron chi connectivity index (χ1n) is 7.23. The van der Waals surface area contributed by atoms with Crippen LogP contribution in [-0.4, -0.2) is 34.2 Å². The fraction of sp³-hybridized carbons (Fsp3) is 0.312. The number of thioether (sulfide) groups is 1. The van der Waals surface area contributed by atoms with Gasteiger partial charge >= 0.3 is 0 Å². The zero-order chi connectivity index (χ0) is 16.6. The molecule has 7 heteroatoms. The van der Waals surface area contributed by atoms with E-state index in [1.807, 2.05) is 19.9 Å². The third-order valence-corrected chi connectivity index (χ3v) is 4.76. The van der Waals surface area contributed by atoms with Crippen LogP contribution in [0.5, 0.6) is 0 Å². The first-order valence-corrected chi connectivity index (χ1v) is 8.11. The van der Waals surface area contributed by atoms with Crippen molar-refractivity contribution in [3.05, 3.63) is 41.3 Å². The second-order valence-corrected chi connectivity index (χ2v) is 6.93. The Morgan fingerprint density at radius 2 is 2.22 bits per heavy atom. The van der Waals surface area contributed by atoms with Crippen LogP contribution in [0.2, 0.25) is 0 Å². The maximum atomic E-state index is 12.5. The van der Waals surface area contributed by atoms with E-state index in [1.54, 1.807) is 30.1 Å². The molecule has 1 N–H and O–H groups in total. The van der Waals surface area contributed by atoms with Gasteiger partial charge in [0.2, 0.25) is 5.91 Å². The fourth-order valence-electron chi connectivity index (χ4n) is 2.37. The molecule has 1 aliphatic heterocycles. The topological polar surface area (TPSA) is 75.4 Å². The van der Waals surface area contributed by atoms with Gasteiger partial charge < -0.3 is 14.7 Å². The molecule has 3 rings (SSSR count). The quantitative estimate of drug-likeness (QED) is 0.936. The molecule has 2 amide bonds. The molecule has 1 aromatic carbocycles. The van der Waals surface area contributed by atoms with E-state index >= 15 is 0 Å². The Hall–Kier alpha value is -2.28. The van der Waals surface area contributed by atoms with Gasteiger partial charge in [0.1, 0.15) is 11.5 Å². The highest BCUT2D eigenvalue weighted by Crippen LogP contribution is 2.36. The van der Waals surface area contributed by atoms with Gasteiger partial charge in [0.25, 0.3) is 5.91 Å². The van der Waals surface area contributed by atoms with Crippen LogP contribution in [0.25, 0.3) is 0 Å². The second kappa shape index (κ2) is 6.08. The summed E-state index contributed by atoms with van der Waals surface area (Å²) in [7, 11) is 1.71. The lowest BCUT2D eigenvalue weighted by Gasteiger charge is -2.22. The van der Waals surface area contributed by atoms with Crippen molar-refractivity contribution in [3.8, 4) is 0 Å². The summed E-state index contributed by atoms with van der Waals surface area (Å²) in [5.41, 5.74) is 1.92. The van der Waals surface area contributed by atoms with Gasteiger partial charge in [-0.3, -0.25) is 9.59 Å². The van der Waals surface area contributed by atoms with Crippen molar-refractivity contribution in [1.82, 2.24) is 10.1 Å². The zero-order valence-corrected chi connectivity index (χ0v) is 13.9. The number of benzene rings is 1. The van der Waals surface area contributed by atoms with E-state index < -0.39 is 0 Å². The lowest BCUT2D eigenvalue weighted by molar-refractivity contribution is -0.115. The third kappa shape index (κ3) is 3.24. The minimum atomic E-state index is -0.133. The molecule has 6 nitrogen and oxygen atoms in total. The average molecular weight is 331 g/mol. The fourth-order valence-corrected chi connectivity index (χ4v) is 3.30. The van der Waals surface area contributed by atoms with Gasteiger partial charge in [-0.2, -0.15) is 0 Å². The van der Waals surface area contributed by atoms with Crippen molar-refractivity contribution in [1.29, 1.82) is 0 Å². The summed E-state index contributed by atoms with van der Waals surface area (Å²) >= 11 is 1.49. The molecule has 23 heavy (non-hydrogen) atoms. The van der Waals surface area contributed by atoms with E-state index in [-0.39, 0.29) is 17.1 Å². The lowest BCUT2D eigenvalue weighted by Crippen LogP contribution is -2.28. The summed E-state index contributed by atoms with van der Waals surface area (Å²) in [6, 6.07) is 7.17. The van der Waals surface area contributed by atoms with Crippen LogP contribution in [0.3, 0.4) is 0 Å². The number of fused-ring (bicyclic) bond motifs is 1. The van der Waals surface area contributed by atoms with Crippen molar-refractivity contribution >= 4 is 29.3 Å². The number of carbonyl (C=O) groups excluding carboxylic acids is 2. The Morgan fingerprint density at radius 1 is 1.43 bits per heavy atom. The predicted molar refractivity (Wildman–Crippen MR) is 87.4 cm³/mol. The largest absolute Gasteiger partial charge is 0.361 e.